The van der Waals surface area contributed by atoms with Crippen LogP contribution in [0.3, 0.4) is 0 Å². The normalized spacial score (nSPS) is 11.1. The number of nitrogens with two attached hydrogens (primary N) is 1. The molecule has 4 heteroatoms. The van der Waals surface area contributed by atoms with Crippen LogP contribution >= 0.6 is 0 Å². The van der Waals surface area contributed by atoms with Gasteiger partial charge in [-0.15, -0.1) is 0 Å². The summed E-state index contributed by atoms with van der Waals surface area (Å²) in [4.78, 5) is 4.26. The lowest BCUT2D eigenvalue weighted by Crippen LogP contribution is -2.09. The van der Waals surface area contributed by atoms with Gasteiger partial charge >= 0.3 is 0 Å². The average molecular weight is 191 g/mol. The summed E-state index contributed by atoms with van der Waals surface area (Å²) < 4.78 is 5.46. The van der Waals surface area contributed by atoms with E-state index in [1.54, 1.807) is 6.07 Å². The molecule has 0 amide bonds. The highest BCUT2D eigenvalue weighted by Gasteiger charge is 2.05. The fourth-order valence-electron chi connectivity index (χ4n) is 1.25. The molecule has 1 aromatic carbocycles. The van der Waals surface area contributed by atoms with Crippen LogP contribution in [0.4, 0.5) is 11.7 Å². The monoisotopic (exact) mass is 191 g/mol. The number of oxazole rings is 1. The second-order valence-electron chi connectivity index (χ2n) is 3.55. The number of benzene rings is 1. The molecule has 0 radical (unpaired) electrons. The van der Waals surface area contributed by atoms with Crippen molar-refractivity contribution >= 4 is 22.8 Å². The molecule has 0 unspecified atom stereocenters. The summed E-state index contributed by atoms with van der Waals surface area (Å²) in [6.45, 7) is 4.06. The molecule has 0 aliphatic rings. The molecule has 0 aliphatic heterocycles. The topological polar surface area (TPSA) is 64.1 Å². The molecule has 3 N–H and O–H groups in total. The maximum atomic E-state index is 5.63. The lowest BCUT2D eigenvalue weighted by molar-refractivity contribution is 0.606. The fraction of sp³-hybridized carbons (Fsp3) is 0.300. The Kier molecular flexibility index (Phi) is 2.04. The number of hydrogen-bond acceptors (Lipinski definition) is 4. The van der Waals surface area contributed by atoms with Gasteiger partial charge in [0.05, 0.1) is 0 Å². The summed E-state index contributed by atoms with van der Waals surface area (Å²) in [5.74, 6) is 0. The highest BCUT2D eigenvalue weighted by molar-refractivity contribution is 5.78. The van der Waals surface area contributed by atoms with Crippen LogP contribution in [0, 0.1) is 0 Å². The smallest absolute Gasteiger partial charge is 0.295 e. The lowest BCUT2D eigenvalue weighted by atomic mass is 10.3. The summed E-state index contributed by atoms with van der Waals surface area (Å²) in [5.41, 5.74) is 7.85. The molecule has 1 heterocycles. The van der Waals surface area contributed by atoms with Crippen molar-refractivity contribution in [3.8, 4) is 0 Å². The Balaban J connectivity index is 2.41. The standard InChI is InChI=1S/C10H13N3O/c1-6(2)12-10-13-8-4-3-7(11)5-9(8)14-10/h3-6H,11H2,1-2H3,(H,12,13). The summed E-state index contributed by atoms with van der Waals surface area (Å²) in [7, 11) is 0. The van der Waals surface area contributed by atoms with Crippen LogP contribution in [-0.2, 0) is 0 Å². The highest BCUT2D eigenvalue weighted by Crippen LogP contribution is 2.21. The molecule has 0 aliphatic carbocycles. The maximum absolute atomic E-state index is 5.63. The van der Waals surface area contributed by atoms with Gasteiger partial charge in [0.1, 0.15) is 5.52 Å². The van der Waals surface area contributed by atoms with E-state index in [2.05, 4.69) is 10.3 Å². The van der Waals surface area contributed by atoms with Gasteiger partial charge in [-0.05, 0) is 26.0 Å². The van der Waals surface area contributed by atoms with Gasteiger partial charge in [0, 0.05) is 17.8 Å². The van der Waals surface area contributed by atoms with Gasteiger partial charge in [-0.1, -0.05) is 0 Å². The van der Waals surface area contributed by atoms with Gasteiger partial charge in [-0.2, -0.15) is 4.98 Å². The van der Waals surface area contributed by atoms with Gasteiger partial charge in [0.15, 0.2) is 5.58 Å². The second kappa shape index (κ2) is 3.21. The first-order valence-corrected chi connectivity index (χ1v) is 4.58. The van der Waals surface area contributed by atoms with E-state index in [1.807, 2.05) is 26.0 Å². The Morgan fingerprint density at radius 1 is 1.43 bits per heavy atom. The largest absolute Gasteiger partial charge is 0.423 e. The summed E-state index contributed by atoms with van der Waals surface area (Å²) in [6.07, 6.45) is 0. The van der Waals surface area contributed by atoms with E-state index in [0.29, 0.717) is 23.3 Å². The molecule has 74 valence electrons. The number of fused-ring (bicyclic) bond motifs is 1. The molecule has 2 rings (SSSR count). The van der Waals surface area contributed by atoms with E-state index >= 15 is 0 Å². The van der Waals surface area contributed by atoms with Gasteiger partial charge in [-0.3, -0.25) is 0 Å². The van der Waals surface area contributed by atoms with Crippen molar-refractivity contribution in [1.29, 1.82) is 0 Å². The van der Waals surface area contributed by atoms with Crippen molar-refractivity contribution in [3.63, 3.8) is 0 Å². The Morgan fingerprint density at radius 3 is 2.93 bits per heavy atom. The maximum Gasteiger partial charge on any atom is 0.295 e. The van der Waals surface area contributed by atoms with Crippen LogP contribution < -0.4 is 11.1 Å². The number of rotatable bonds is 2. The number of aromatic nitrogens is 1. The van der Waals surface area contributed by atoms with Crippen molar-refractivity contribution in [2.45, 2.75) is 19.9 Å². The highest BCUT2D eigenvalue weighted by atomic mass is 16.4. The van der Waals surface area contributed by atoms with Crippen molar-refractivity contribution in [3.05, 3.63) is 18.2 Å². The van der Waals surface area contributed by atoms with Crippen molar-refractivity contribution < 1.29 is 4.42 Å². The molecule has 0 bridgehead atoms. The zero-order valence-corrected chi connectivity index (χ0v) is 8.24. The molecule has 0 spiro atoms. The predicted octanol–water partition coefficient (Wildman–Crippen LogP) is 2.23. The molecule has 4 nitrogen and oxygen atoms in total. The van der Waals surface area contributed by atoms with E-state index < -0.39 is 0 Å². The molecule has 14 heavy (non-hydrogen) atoms. The first-order valence-electron chi connectivity index (χ1n) is 4.58. The number of anilines is 2. The zero-order chi connectivity index (χ0) is 10.1. The summed E-state index contributed by atoms with van der Waals surface area (Å²) in [6, 6.07) is 6.28. The molecular formula is C10H13N3O. The van der Waals surface area contributed by atoms with Crippen molar-refractivity contribution in [2.24, 2.45) is 0 Å². The minimum Gasteiger partial charge on any atom is -0.423 e. The Hall–Kier alpha value is -1.71. The third-order valence-electron chi connectivity index (χ3n) is 1.82. The molecule has 2 aromatic rings. The second-order valence-corrected chi connectivity index (χ2v) is 3.55. The van der Waals surface area contributed by atoms with Gasteiger partial charge in [-0.25, -0.2) is 0 Å². The van der Waals surface area contributed by atoms with Crippen LogP contribution in [-0.4, -0.2) is 11.0 Å². The van der Waals surface area contributed by atoms with E-state index in [9.17, 15) is 0 Å². The number of hydrogen-bond donors (Lipinski definition) is 2. The number of nitrogens with one attached hydrogen (secondary N) is 1. The van der Waals surface area contributed by atoms with E-state index in [-0.39, 0.29) is 0 Å². The molecule has 0 atom stereocenters. The molecular weight excluding hydrogens is 178 g/mol. The Morgan fingerprint density at radius 2 is 2.21 bits per heavy atom. The van der Waals surface area contributed by atoms with Gasteiger partial charge in [0.25, 0.3) is 6.01 Å². The van der Waals surface area contributed by atoms with Gasteiger partial charge in [0.2, 0.25) is 0 Å². The minimum absolute atomic E-state index is 0.306. The van der Waals surface area contributed by atoms with Crippen LogP contribution in [0.5, 0.6) is 0 Å². The Labute approximate surface area is 82.1 Å². The fourth-order valence-corrected chi connectivity index (χ4v) is 1.25. The summed E-state index contributed by atoms with van der Waals surface area (Å²) in [5, 5.41) is 3.10. The first-order chi connectivity index (χ1) is 6.65. The van der Waals surface area contributed by atoms with E-state index in [4.69, 9.17) is 10.2 Å². The first kappa shape index (κ1) is 8.87. The van der Waals surface area contributed by atoms with Crippen LogP contribution in [0.1, 0.15) is 13.8 Å². The van der Waals surface area contributed by atoms with Crippen molar-refractivity contribution in [1.82, 2.24) is 4.98 Å². The quantitative estimate of drug-likeness (QED) is 0.714. The zero-order valence-electron chi connectivity index (χ0n) is 8.24. The van der Waals surface area contributed by atoms with E-state index in [0.717, 1.165) is 5.52 Å². The van der Waals surface area contributed by atoms with Crippen LogP contribution in [0.2, 0.25) is 0 Å². The average Bonchev–Trinajstić information content (AvgIpc) is 2.44. The van der Waals surface area contributed by atoms with E-state index in [1.165, 1.54) is 0 Å². The Bertz CT molecular complexity index is 448. The summed E-state index contributed by atoms with van der Waals surface area (Å²) >= 11 is 0. The molecule has 0 fully saturated rings. The molecule has 0 saturated carbocycles. The van der Waals surface area contributed by atoms with Gasteiger partial charge < -0.3 is 15.5 Å². The third-order valence-corrected chi connectivity index (χ3v) is 1.82. The van der Waals surface area contributed by atoms with Crippen LogP contribution in [0.15, 0.2) is 22.6 Å². The predicted molar refractivity (Wildman–Crippen MR) is 57.2 cm³/mol. The third kappa shape index (κ3) is 1.64. The van der Waals surface area contributed by atoms with Crippen LogP contribution in [0.25, 0.3) is 11.1 Å². The molecule has 1 aromatic heterocycles. The molecule has 0 saturated heterocycles. The number of nitrogen functional groups attached to an aromatic ring is 1. The minimum atomic E-state index is 0.306. The van der Waals surface area contributed by atoms with Crippen molar-refractivity contribution in [2.75, 3.05) is 11.1 Å². The lowest BCUT2D eigenvalue weighted by Gasteiger charge is -2.02. The SMILES string of the molecule is CC(C)Nc1nc2ccc(N)cc2o1. The number of nitrogens with zero attached hydrogens (tertiary/aromatic N) is 1.